The summed E-state index contributed by atoms with van der Waals surface area (Å²) in [7, 11) is -3.27. The molecule has 21 heavy (non-hydrogen) atoms. The average molecular weight is 409 g/mol. The molecule has 0 radical (unpaired) electrons. The van der Waals surface area contributed by atoms with Gasteiger partial charge in [0.05, 0.1) is 15.6 Å². The van der Waals surface area contributed by atoms with Crippen LogP contribution in [0.2, 0.25) is 10.0 Å². The van der Waals surface area contributed by atoms with E-state index in [2.05, 4.69) is 21.2 Å². The molecule has 0 unspecified atom stereocenters. The van der Waals surface area contributed by atoms with Crippen LogP contribution < -0.4 is 5.32 Å². The van der Waals surface area contributed by atoms with E-state index >= 15 is 0 Å². The summed E-state index contributed by atoms with van der Waals surface area (Å²) in [5, 5.41) is 4.19. The van der Waals surface area contributed by atoms with Gasteiger partial charge in [-0.15, -0.1) is 0 Å². The van der Waals surface area contributed by atoms with Crippen LogP contribution in [0.3, 0.4) is 0 Å². The maximum absolute atomic E-state index is 11.6. The SMILES string of the molecule is CS(=O)(=O)c1ccc(Cl)c(NCc2cc(Br)ccc2Cl)c1. The van der Waals surface area contributed by atoms with Gasteiger partial charge < -0.3 is 5.32 Å². The number of sulfone groups is 1. The van der Waals surface area contributed by atoms with Crippen LogP contribution >= 0.6 is 39.1 Å². The zero-order valence-electron chi connectivity index (χ0n) is 11.0. The molecule has 0 aliphatic heterocycles. The molecule has 112 valence electrons. The third-order valence-corrected chi connectivity index (χ3v) is 5.14. The lowest BCUT2D eigenvalue weighted by Crippen LogP contribution is -2.03. The Morgan fingerprint density at radius 2 is 1.76 bits per heavy atom. The second-order valence-electron chi connectivity index (χ2n) is 4.50. The lowest BCUT2D eigenvalue weighted by Gasteiger charge is -2.11. The average Bonchev–Trinajstić information content (AvgIpc) is 2.40. The van der Waals surface area contributed by atoms with Gasteiger partial charge in [-0.2, -0.15) is 0 Å². The van der Waals surface area contributed by atoms with Gasteiger partial charge in [0.1, 0.15) is 0 Å². The molecule has 0 saturated heterocycles. The lowest BCUT2D eigenvalue weighted by molar-refractivity contribution is 0.602. The molecule has 0 aliphatic rings. The van der Waals surface area contributed by atoms with Crippen LogP contribution in [0.4, 0.5) is 5.69 Å². The monoisotopic (exact) mass is 407 g/mol. The number of hydrogen-bond donors (Lipinski definition) is 1. The largest absolute Gasteiger partial charge is 0.380 e. The van der Waals surface area contributed by atoms with Crippen LogP contribution in [-0.4, -0.2) is 14.7 Å². The second kappa shape index (κ2) is 6.57. The highest BCUT2D eigenvalue weighted by Crippen LogP contribution is 2.27. The summed E-state index contributed by atoms with van der Waals surface area (Å²) >= 11 is 15.6. The molecule has 7 heteroatoms. The van der Waals surface area contributed by atoms with Crippen LogP contribution in [-0.2, 0) is 16.4 Å². The van der Waals surface area contributed by atoms with Crippen LogP contribution in [0.1, 0.15) is 5.56 Å². The van der Waals surface area contributed by atoms with Crippen LogP contribution in [0.25, 0.3) is 0 Å². The zero-order chi connectivity index (χ0) is 15.6. The molecule has 2 aromatic carbocycles. The molecule has 0 atom stereocenters. The molecule has 0 saturated carbocycles. The van der Waals surface area contributed by atoms with Crippen molar-refractivity contribution in [2.75, 3.05) is 11.6 Å². The maximum Gasteiger partial charge on any atom is 0.175 e. The zero-order valence-corrected chi connectivity index (χ0v) is 14.9. The van der Waals surface area contributed by atoms with Crippen molar-refractivity contribution in [3.8, 4) is 0 Å². The van der Waals surface area contributed by atoms with Crippen LogP contribution in [0.5, 0.6) is 0 Å². The molecule has 0 heterocycles. The summed E-state index contributed by atoms with van der Waals surface area (Å²) in [4.78, 5) is 0.217. The highest BCUT2D eigenvalue weighted by Gasteiger charge is 2.10. The number of nitrogens with one attached hydrogen (secondary N) is 1. The van der Waals surface area contributed by atoms with E-state index in [4.69, 9.17) is 23.2 Å². The molecule has 0 aliphatic carbocycles. The number of benzene rings is 2. The minimum absolute atomic E-state index is 0.217. The first-order valence-electron chi connectivity index (χ1n) is 5.95. The molecule has 0 fully saturated rings. The fraction of sp³-hybridized carbons (Fsp3) is 0.143. The Bertz CT molecular complexity index is 779. The third-order valence-electron chi connectivity index (χ3n) is 2.84. The van der Waals surface area contributed by atoms with Crippen molar-refractivity contribution in [3.05, 3.63) is 56.5 Å². The molecular formula is C14H12BrCl2NO2S. The smallest absolute Gasteiger partial charge is 0.175 e. The lowest BCUT2D eigenvalue weighted by atomic mass is 10.2. The van der Waals surface area contributed by atoms with Crippen molar-refractivity contribution in [2.45, 2.75) is 11.4 Å². The summed E-state index contributed by atoms with van der Waals surface area (Å²) in [6, 6.07) is 10.1. The fourth-order valence-electron chi connectivity index (χ4n) is 1.74. The Kier molecular flexibility index (Phi) is 5.20. The van der Waals surface area contributed by atoms with Gasteiger partial charge in [-0.3, -0.25) is 0 Å². The predicted octanol–water partition coefficient (Wildman–Crippen LogP) is 4.77. The minimum Gasteiger partial charge on any atom is -0.380 e. The number of halogens is 3. The molecule has 2 aromatic rings. The van der Waals surface area contributed by atoms with Crippen molar-refractivity contribution < 1.29 is 8.42 Å². The third kappa shape index (κ3) is 4.36. The Labute approximate surface area is 142 Å². The Balaban J connectivity index is 2.26. The molecule has 0 amide bonds. The van der Waals surface area contributed by atoms with Crippen LogP contribution in [0, 0.1) is 0 Å². The molecular weight excluding hydrogens is 397 g/mol. The first-order chi connectivity index (χ1) is 9.77. The number of anilines is 1. The van der Waals surface area contributed by atoms with E-state index in [1.54, 1.807) is 12.1 Å². The maximum atomic E-state index is 11.6. The van der Waals surface area contributed by atoms with Gasteiger partial charge in [-0.25, -0.2) is 8.42 Å². The van der Waals surface area contributed by atoms with Gasteiger partial charge in [-0.1, -0.05) is 39.1 Å². The molecule has 0 bridgehead atoms. The van der Waals surface area contributed by atoms with Gasteiger partial charge in [0.25, 0.3) is 0 Å². The molecule has 0 spiro atoms. The van der Waals surface area contributed by atoms with Gasteiger partial charge in [0.15, 0.2) is 9.84 Å². The molecule has 2 rings (SSSR count). The van der Waals surface area contributed by atoms with E-state index < -0.39 is 9.84 Å². The molecule has 3 nitrogen and oxygen atoms in total. The summed E-state index contributed by atoms with van der Waals surface area (Å²) in [5.41, 5.74) is 1.43. The summed E-state index contributed by atoms with van der Waals surface area (Å²) in [5.74, 6) is 0. The van der Waals surface area contributed by atoms with Gasteiger partial charge in [-0.05, 0) is 42.0 Å². The van der Waals surface area contributed by atoms with Crippen molar-refractivity contribution in [2.24, 2.45) is 0 Å². The van der Waals surface area contributed by atoms with Crippen molar-refractivity contribution in [1.29, 1.82) is 0 Å². The highest BCUT2D eigenvalue weighted by molar-refractivity contribution is 9.10. The summed E-state index contributed by atoms with van der Waals surface area (Å²) < 4.78 is 24.1. The van der Waals surface area contributed by atoms with Gasteiger partial charge in [0.2, 0.25) is 0 Å². The van der Waals surface area contributed by atoms with E-state index in [1.165, 1.54) is 12.1 Å². The quantitative estimate of drug-likeness (QED) is 0.792. The topological polar surface area (TPSA) is 46.2 Å². The standard InChI is InChI=1S/C14H12BrCl2NO2S/c1-21(19,20)11-3-5-13(17)14(7-11)18-8-9-6-10(15)2-4-12(9)16/h2-7,18H,8H2,1H3. The van der Waals surface area contributed by atoms with E-state index in [0.717, 1.165) is 16.3 Å². The van der Waals surface area contributed by atoms with Gasteiger partial charge in [0, 0.05) is 22.3 Å². The minimum atomic E-state index is -3.27. The van der Waals surface area contributed by atoms with Crippen molar-refractivity contribution in [3.63, 3.8) is 0 Å². The Hall–Kier alpha value is -0.750. The summed E-state index contributed by atoms with van der Waals surface area (Å²) in [6.07, 6.45) is 1.16. The van der Waals surface area contributed by atoms with E-state index in [9.17, 15) is 8.42 Å². The molecule has 0 aromatic heterocycles. The second-order valence-corrected chi connectivity index (χ2v) is 8.25. The molecule has 1 N–H and O–H groups in total. The normalized spacial score (nSPS) is 11.4. The van der Waals surface area contributed by atoms with Crippen LogP contribution in [0.15, 0.2) is 45.8 Å². The predicted molar refractivity (Wildman–Crippen MR) is 91.0 cm³/mol. The van der Waals surface area contributed by atoms with Crippen molar-refractivity contribution in [1.82, 2.24) is 0 Å². The van der Waals surface area contributed by atoms with Crippen molar-refractivity contribution >= 4 is 54.7 Å². The summed E-state index contributed by atoms with van der Waals surface area (Å²) in [6.45, 7) is 0.436. The first-order valence-corrected chi connectivity index (χ1v) is 9.39. The van der Waals surface area contributed by atoms with Gasteiger partial charge >= 0.3 is 0 Å². The Morgan fingerprint density at radius 3 is 2.43 bits per heavy atom. The number of hydrogen-bond acceptors (Lipinski definition) is 3. The fourth-order valence-corrected chi connectivity index (χ4v) is 3.16. The highest BCUT2D eigenvalue weighted by atomic mass is 79.9. The van der Waals surface area contributed by atoms with E-state index in [1.807, 2.05) is 12.1 Å². The Morgan fingerprint density at radius 1 is 1.10 bits per heavy atom. The van der Waals surface area contributed by atoms with E-state index in [-0.39, 0.29) is 4.90 Å². The number of rotatable bonds is 4. The first kappa shape index (κ1) is 16.6. The van der Waals surface area contributed by atoms with E-state index in [0.29, 0.717) is 22.3 Å².